The number of Topliss-reactive ketones (excluding diaryl/α,β-unsaturated/α-hetero) is 2. The number of rotatable bonds is 0. The second kappa shape index (κ2) is 3.64. The molecule has 0 amide bonds. The van der Waals surface area contributed by atoms with E-state index in [0.717, 1.165) is 22.3 Å². The predicted octanol–water partition coefficient (Wildman–Crippen LogP) is 3.34. The first-order chi connectivity index (χ1) is 9.27. The lowest BCUT2D eigenvalue weighted by atomic mass is 9.65. The van der Waals surface area contributed by atoms with Gasteiger partial charge in [-0.15, -0.1) is 0 Å². The molecule has 0 N–H and O–H groups in total. The standard InChI is InChI=1S/C17H12O2/c18-16-12-7-3-1-5-10(12)14-9-15(16)11-6-2-4-8-13(11)17(14)19/h1-8,14-15H,9H2. The summed E-state index contributed by atoms with van der Waals surface area (Å²) in [5.41, 5.74) is 3.27. The van der Waals surface area contributed by atoms with Gasteiger partial charge in [0.1, 0.15) is 0 Å². The molecule has 2 unspecified atom stereocenters. The molecular formula is C17H12O2. The molecule has 0 heterocycles. The van der Waals surface area contributed by atoms with Gasteiger partial charge in [0.2, 0.25) is 0 Å². The highest BCUT2D eigenvalue weighted by Gasteiger charge is 2.43. The number of carbonyl (C=O) groups is 2. The fourth-order valence-electron chi connectivity index (χ4n) is 3.41. The Hall–Kier alpha value is -2.22. The van der Waals surface area contributed by atoms with Gasteiger partial charge in [0.25, 0.3) is 0 Å². The average Bonchev–Trinajstić information content (AvgIpc) is 2.47. The fourth-order valence-corrected chi connectivity index (χ4v) is 3.41. The third-order valence-electron chi connectivity index (χ3n) is 4.31. The van der Waals surface area contributed by atoms with Gasteiger partial charge in [0.15, 0.2) is 11.6 Å². The molecule has 4 rings (SSSR count). The number of carbonyl (C=O) groups excluding carboxylic acids is 2. The first-order valence-corrected chi connectivity index (χ1v) is 6.53. The van der Waals surface area contributed by atoms with Gasteiger partial charge in [-0.3, -0.25) is 9.59 Å². The summed E-state index contributed by atoms with van der Waals surface area (Å²) < 4.78 is 0. The molecule has 2 heteroatoms. The lowest BCUT2D eigenvalue weighted by Gasteiger charge is -2.35. The monoisotopic (exact) mass is 248 g/mol. The van der Waals surface area contributed by atoms with Crippen LogP contribution in [-0.2, 0) is 0 Å². The van der Waals surface area contributed by atoms with Crippen LogP contribution in [0.15, 0.2) is 48.5 Å². The molecular weight excluding hydrogens is 236 g/mol. The Balaban J connectivity index is 2.01. The van der Waals surface area contributed by atoms with Gasteiger partial charge >= 0.3 is 0 Å². The summed E-state index contributed by atoms with van der Waals surface area (Å²) in [7, 11) is 0. The normalized spacial score (nSPS) is 23.8. The van der Waals surface area contributed by atoms with Gasteiger partial charge in [0.05, 0.1) is 0 Å². The van der Waals surface area contributed by atoms with E-state index in [9.17, 15) is 9.59 Å². The number of hydrogen-bond donors (Lipinski definition) is 0. The van der Waals surface area contributed by atoms with Crippen molar-refractivity contribution in [3.8, 4) is 0 Å². The van der Waals surface area contributed by atoms with Gasteiger partial charge in [-0.2, -0.15) is 0 Å². The van der Waals surface area contributed by atoms with Crippen molar-refractivity contribution in [2.24, 2.45) is 0 Å². The van der Waals surface area contributed by atoms with Crippen molar-refractivity contribution in [3.63, 3.8) is 0 Å². The summed E-state index contributed by atoms with van der Waals surface area (Å²) in [4.78, 5) is 25.2. The fraction of sp³-hybridized carbons (Fsp3) is 0.176. The van der Waals surface area contributed by atoms with E-state index < -0.39 is 0 Å². The van der Waals surface area contributed by atoms with E-state index in [4.69, 9.17) is 0 Å². The Morgan fingerprint density at radius 3 is 1.58 bits per heavy atom. The molecule has 2 atom stereocenters. The number of hydrogen-bond acceptors (Lipinski definition) is 2. The Morgan fingerprint density at radius 1 is 0.684 bits per heavy atom. The largest absolute Gasteiger partial charge is 0.293 e. The highest BCUT2D eigenvalue weighted by molar-refractivity contribution is 6.13. The van der Waals surface area contributed by atoms with Crippen molar-refractivity contribution in [2.75, 3.05) is 0 Å². The smallest absolute Gasteiger partial charge is 0.170 e. The molecule has 2 aliphatic rings. The molecule has 0 radical (unpaired) electrons. The van der Waals surface area contributed by atoms with E-state index >= 15 is 0 Å². The van der Waals surface area contributed by atoms with Crippen LogP contribution in [0.25, 0.3) is 0 Å². The highest BCUT2D eigenvalue weighted by atomic mass is 16.1. The summed E-state index contributed by atoms with van der Waals surface area (Å²) in [6, 6.07) is 15.1. The van der Waals surface area contributed by atoms with E-state index in [-0.39, 0.29) is 23.4 Å². The maximum Gasteiger partial charge on any atom is 0.170 e. The summed E-state index contributed by atoms with van der Waals surface area (Å²) >= 11 is 0. The number of benzene rings is 2. The van der Waals surface area contributed by atoms with Crippen LogP contribution < -0.4 is 0 Å². The van der Waals surface area contributed by atoms with Crippen molar-refractivity contribution in [2.45, 2.75) is 18.3 Å². The Kier molecular flexibility index (Phi) is 2.05. The molecule has 0 saturated carbocycles. The Morgan fingerprint density at radius 2 is 1.11 bits per heavy atom. The molecule has 0 aliphatic heterocycles. The zero-order valence-corrected chi connectivity index (χ0v) is 10.3. The molecule has 2 bridgehead atoms. The molecule has 19 heavy (non-hydrogen) atoms. The van der Waals surface area contributed by atoms with Gasteiger partial charge in [-0.05, 0) is 17.5 Å². The maximum absolute atomic E-state index is 12.6. The molecule has 0 fully saturated rings. The minimum Gasteiger partial charge on any atom is -0.293 e. The van der Waals surface area contributed by atoms with E-state index in [2.05, 4.69) is 0 Å². The Bertz CT molecular complexity index is 653. The van der Waals surface area contributed by atoms with Crippen molar-refractivity contribution < 1.29 is 9.59 Å². The zero-order valence-electron chi connectivity index (χ0n) is 10.3. The van der Waals surface area contributed by atoms with Crippen LogP contribution in [0.2, 0.25) is 0 Å². The second-order valence-electron chi connectivity index (χ2n) is 5.24. The minimum atomic E-state index is -0.145. The predicted molar refractivity (Wildman–Crippen MR) is 71.6 cm³/mol. The molecule has 2 aliphatic carbocycles. The molecule has 0 saturated heterocycles. The first kappa shape index (κ1) is 10.7. The molecule has 2 nitrogen and oxygen atoms in total. The van der Waals surface area contributed by atoms with Crippen LogP contribution in [0.4, 0.5) is 0 Å². The third kappa shape index (κ3) is 1.31. The van der Waals surface area contributed by atoms with E-state index in [1.165, 1.54) is 0 Å². The Labute approximate surface area is 111 Å². The zero-order chi connectivity index (χ0) is 13.0. The van der Waals surface area contributed by atoms with Crippen LogP contribution in [0.3, 0.4) is 0 Å². The van der Waals surface area contributed by atoms with Gasteiger partial charge in [-0.1, -0.05) is 48.5 Å². The van der Waals surface area contributed by atoms with Crippen LogP contribution >= 0.6 is 0 Å². The van der Waals surface area contributed by atoms with Gasteiger partial charge in [0, 0.05) is 23.0 Å². The highest BCUT2D eigenvalue weighted by Crippen LogP contribution is 2.46. The van der Waals surface area contributed by atoms with E-state index in [1.54, 1.807) is 0 Å². The van der Waals surface area contributed by atoms with Crippen molar-refractivity contribution >= 4 is 11.6 Å². The molecule has 92 valence electrons. The first-order valence-electron chi connectivity index (χ1n) is 6.53. The van der Waals surface area contributed by atoms with Crippen LogP contribution in [0, 0.1) is 0 Å². The van der Waals surface area contributed by atoms with E-state index in [1.807, 2.05) is 48.5 Å². The summed E-state index contributed by atoms with van der Waals surface area (Å²) in [6.07, 6.45) is 0.631. The molecule has 0 spiro atoms. The summed E-state index contributed by atoms with van der Waals surface area (Å²) in [6.45, 7) is 0. The summed E-state index contributed by atoms with van der Waals surface area (Å²) in [5.74, 6) is 0.0289. The number of ketones is 2. The molecule has 0 aromatic heterocycles. The van der Waals surface area contributed by atoms with Crippen LogP contribution in [0.5, 0.6) is 0 Å². The lowest BCUT2D eigenvalue weighted by Crippen LogP contribution is -2.33. The minimum absolute atomic E-state index is 0.145. The lowest BCUT2D eigenvalue weighted by molar-refractivity contribution is 0.0875. The van der Waals surface area contributed by atoms with E-state index in [0.29, 0.717) is 6.42 Å². The van der Waals surface area contributed by atoms with Gasteiger partial charge < -0.3 is 0 Å². The van der Waals surface area contributed by atoms with Gasteiger partial charge in [-0.25, -0.2) is 0 Å². The quantitative estimate of drug-likeness (QED) is 0.716. The SMILES string of the molecule is O=C1c2ccccc2C2CC1c1ccccc1C2=O. The van der Waals surface area contributed by atoms with Crippen molar-refractivity contribution in [3.05, 3.63) is 70.8 Å². The second-order valence-corrected chi connectivity index (χ2v) is 5.24. The van der Waals surface area contributed by atoms with Crippen molar-refractivity contribution in [1.82, 2.24) is 0 Å². The topological polar surface area (TPSA) is 34.1 Å². The average molecular weight is 248 g/mol. The molecule has 2 aromatic rings. The van der Waals surface area contributed by atoms with Crippen LogP contribution in [-0.4, -0.2) is 11.6 Å². The van der Waals surface area contributed by atoms with Crippen molar-refractivity contribution in [1.29, 1.82) is 0 Å². The number of fused-ring (bicyclic) bond motifs is 6. The third-order valence-corrected chi connectivity index (χ3v) is 4.31. The maximum atomic E-state index is 12.6. The summed E-state index contributed by atoms with van der Waals surface area (Å²) in [5, 5.41) is 0. The van der Waals surface area contributed by atoms with Crippen LogP contribution in [0.1, 0.15) is 50.1 Å². The molecule has 2 aromatic carbocycles.